The predicted molar refractivity (Wildman–Crippen MR) is 74.0 cm³/mol. The van der Waals surface area contributed by atoms with Crippen LogP contribution in [0.3, 0.4) is 0 Å². The highest BCUT2D eigenvalue weighted by Crippen LogP contribution is 2.25. The van der Waals surface area contributed by atoms with Crippen LogP contribution in [0.1, 0.15) is 19.3 Å². The highest BCUT2D eigenvalue weighted by atomic mass is 32.2. The zero-order valence-electron chi connectivity index (χ0n) is 10.6. The van der Waals surface area contributed by atoms with Crippen molar-refractivity contribution in [3.63, 3.8) is 0 Å². The van der Waals surface area contributed by atoms with Crippen molar-refractivity contribution in [2.75, 3.05) is 12.4 Å². The first-order chi connectivity index (χ1) is 9.42. The molecule has 1 aromatic heterocycles. The van der Waals surface area contributed by atoms with E-state index in [4.69, 9.17) is 9.15 Å². The van der Waals surface area contributed by atoms with E-state index in [1.54, 1.807) is 11.8 Å². The molecule has 0 unspecified atom stereocenters. The van der Waals surface area contributed by atoms with Crippen LogP contribution in [-0.2, 0) is 4.74 Å². The largest absolute Gasteiger partial charge is 0.411 e. The maximum absolute atomic E-state index is 5.68. The van der Waals surface area contributed by atoms with E-state index in [1.807, 2.05) is 30.3 Å². The third kappa shape index (κ3) is 3.36. The van der Waals surface area contributed by atoms with Gasteiger partial charge in [0.1, 0.15) is 0 Å². The lowest BCUT2D eigenvalue weighted by molar-refractivity contribution is 0.0314. The highest BCUT2D eigenvalue weighted by molar-refractivity contribution is 7.99. The minimum Gasteiger partial charge on any atom is -0.411 e. The lowest BCUT2D eigenvalue weighted by atomic mass is 10.1. The number of aromatic nitrogens is 2. The normalized spacial score (nSPS) is 19.5. The molecular weight excluding hydrogens is 260 g/mol. The van der Waals surface area contributed by atoms with Crippen LogP contribution in [0.5, 0.6) is 0 Å². The number of nitrogens with zero attached hydrogens (tertiary/aromatic N) is 2. The van der Waals surface area contributed by atoms with Gasteiger partial charge in [-0.3, -0.25) is 0 Å². The van der Waals surface area contributed by atoms with E-state index in [-0.39, 0.29) is 0 Å². The molecule has 1 saturated heterocycles. The van der Waals surface area contributed by atoms with Gasteiger partial charge in [0.05, 0.1) is 6.10 Å². The number of benzene rings is 1. The molecule has 2 heterocycles. The van der Waals surface area contributed by atoms with E-state index in [2.05, 4.69) is 10.2 Å². The SMILES string of the molecule is c1ccc(-c2nnc(SC[C@H]3CCCCO3)o2)cc1. The molecule has 3 rings (SSSR count). The molecule has 0 saturated carbocycles. The van der Waals surface area contributed by atoms with Crippen LogP contribution in [0, 0.1) is 0 Å². The van der Waals surface area contributed by atoms with Crippen molar-refractivity contribution in [1.29, 1.82) is 0 Å². The summed E-state index contributed by atoms with van der Waals surface area (Å²) >= 11 is 1.58. The second-order valence-electron chi connectivity index (χ2n) is 4.54. The fraction of sp³-hybridized carbons (Fsp3) is 0.429. The maximum Gasteiger partial charge on any atom is 0.276 e. The molecule has 5 heteroatoms. The van der Waals surface area contributed by atoms with Crippen molar-refractivity contribution in [1.82, 2.24) is 10.2 Å². The molecule has 1 aromatic carbocycles. The zero-order chi connectivity index (χ0) is 12.9. The Morgan fingerprint density at radius 3 is 2.84 bits per heavy atom. The standard InChI is InChI=1S/C14H16N2O2S/c1-2-6-11(7-3-1)13-15-16-14(18-13)19-10-12-8-4-5-9-17-12/h1-3,6-7,12H,4-5,8-10H2/t12-/m1/s1. The number of hydrogen-bond acceptors (Lipinski definition) is 5. The molecule has 0 aliphatic carbocycles. The third-order valence-corrected chi connectivity index (χ3v) is 4.04. The molecule has 19 heavy (non-hydrogen) atoms. The second kappa shape index (κ2) is 6.21. The monoisotopic (exact) mass is 276 g/mol. The predicted octanol–water partition coefficient (Wildman–Crippen LogP) is 3.40. The average Bonchev–Trinajstić information content (AvgIpc) is 2.96. The van der Waals surface area contributed by atoms with Crippen LogP contribution >= 0.6 is 11.8 Å². The minimum atomic E-state index is 0.325. The molecule has 0 N–H and O–H groups in total. The number of ether oxygens (including phenoxy) is 1. The van der Waals surface area contributed by atoms with Crippen molar-refractivity contribution in [3.05, 3.63) is 30.3 Å². The number of hydrogen-bond donors (Lipinski definition) is 0. The van der Waals surface area contributed by atoms with Crippen molar-refractivity contribution in [3.8, 4) is 11.5 Å². The Morgan fingerprint density at radius 2 is 2.05 bits per heavy atom. The molecule has 1 aliphatic heterocycles. The smallest absolute Gasteiger partial charge is 0.276 e. The van der Waals surface area contributed by atoms with E-state index in [1.165, 1.54) is 12.8 Å². The fourth-order valence-electron chi connectivity index (χ4n) is 2.07. The molecular formula is C14H16N2O2S. The summed E-state index contributed by atoms with van der Waals surface area (Å²) in [5.74, 6) is 1.46. The van der Waals surface area contributed by atoms with Crippen molar-refractivity contribution < 1.29 is 9.15 Å². The summed E-state index contributed by atoms with van der Waals surface area (Å²) in [5.41, 5.74) is 0.954. The summed E-state index contributed by atoms with van der Waals surface area (Å²) in [5, 5.41) is 8.76. The van der Waals surface area contributed by atoms with Gasteiger partial charge in [-0.05, 0) is 31.4 Å². The molecule has 2 aromatic rings. The summed E-state index contributed by atoms with van der Waals surface area (Å²) < 4.78 is 11.3. The van der Waals surface area contributed by atoms with Crippen LogP contribution < -0.4 is 0 Å². The van der Waals surface area contributed by atoms with E-state index >= 15 is 0 Å². The summed E-state index contributed by atoms with van der Waals surface area (Å²) in [4.78, 5) is 0. The first-order valence-corrected chi connectivity index (χ1v) is 7.54. The molecule has 0 amide bonds. The molecule has 1 aliphatic rings. The van der Waals surface area contributed by atoms with Gasteiger partial charge in [0.15, 0.2) is 0 Å². The van der Waals surface area contributed by atoms with Crippen molar-refractivity contribution in [2.24, 2.45) is 0 Å². The Hall–Kier alpha value is -1.33. The van der Waals surface area contributed by atoms with Gasteiger partial charge < -0.3 is 9.15 Å². The van der Waals surface area contributed by atoms with E-state index < -0.39 is 0 Å². The molecule has 0 bridgehead atoms. The van der Waals surface area contributed by atoms with Gasteiger partial charge in [-0.25, -0.2) is 0 Å². The van der Waals surface area contributed by atoms with E-state index in [0.717, 1.165) is 24.3 Å². The fourth-order valence-corrected chi connectivity index (χ4v) is 2.90. The third-order valence-electron chi connectivity index (χ3n) is 3.09. The van der Waals surface area contributed by atoms with Gasteiger partial charge in [0.2, 0.25) is 5.89 Å². The Bertz CT molecular complexity index is 509. The van der Waals surface area contributed by atoms with E-state index in [9.17, 15) is 0 Å². The van der Waals surface area contributed by atoms with Crippen LogP contribution in [0.25, 0.3) is 11.5 Å². The summed E-state index contributed by atoms with van der Waals surface area (Å²) in [6.45, 7) is 0.879. The van der Waals surface area contributed by atoms with Gasteiger partial charge in [0.25, 0.3) is 5.22 Å². The topological polar surface area (TPSA) is 48.2 Å². The molecule has 1 atom stereocenters. The first kappa shape index (κ1) is 12.7. The van der Waals surface area contributed by atoms with Crippen molar-refractivity contribution >= 4 is 11.8 Å². The molecule has 0 radical (unpaired) electrons. The van der Waals surface area contributed by atoms with Crippen molar-refractivity contribution in [2.45, 2.75) is 30.6 Å². The first-order valence-electron chi connectivity index (χ1n) is 6.55. The van der Waals surface area contributed by atoms with Gasteiger partial charge in [-0.15, -0.1) is 10.2 Å². The van der Waals surface area contributed by atoms with Crippen LogP contribution in [0.2, 0.25) is 0 Å². The highest BCUT2D eigenvalue weighted by Gasteiger charge is 2.16. The quantitative estimate of drug-likeness (QED) is 0.801. The van der Waals surface area contributed by atoms with Gasteiger partial charge in [0, 0.05) is 17.9 Å². The molecule has 4 nitrogen and oxygen atoms in total. The number of rotatable bonds is 4. The minimum absolute atomic E-state index is 0.325. The molecule has 1 fully saturated rings. The van der Waals surface area contributed by atoms with Gasteiger partial charge in [-0.1, -0.05) is 30.0 Å². The average molecular weight is 276 g/mol. The van der Waals surface area contributed by atoms with Gasteiger partial charge in [-0.2, -0.15) is 0 Å². The summed E-state index contributed by atoms with van der Waals surface area (Å²) in [7, 11) is 0. The molecule has 0 spiro atoms. The van der Waals surface area contributed by atoms with Crippen LogP contribution in [0.4, 0.5) is 0 Å². The van der Waals surface area contributed by atoms with Crippen LogP contribution in [0.15, 0.2) is 40.0 Å². The zero-order valence-corrected chi connectivity index (χ0v) is 11.4. The summed E-state index contributed by atoms with van der Waals surface area (Å²) in [6.07, 6.45) is 3.89. The Labute approximate surface area is 116 Å². The number of thioether (sulfide) groups is 1. The Morgan fingerprint density at radius 1 is 1.16 bits per heavy atom. The Balaban J connectivity index is 1.59. The van der Waals surface area contributed by atoms with Gasteiger partial charge >= 0.3 is 0 Å². The lowest BCUT2D eigenvalue weighted by Gasteiger charge is -2.21. The Kier molecular flexibility index (Phi) is 4.15. The summed E-state index contributed by atoms with van der Waals surface area (Å²) in [6, 6.07) is 9.82. The van der Waals surface area contributed by atoms with E-state index in [0.29, 0.717) is 17.2 Å². The second-order valence-corrected chi connectivity index (χ2v) is 5.51. The maximum atomic E-state index is 5.68. The lowest BCUT2D eigenvalue weighted by Crippen LogP contribution is -2.21. The molecule has 100 valence electrons. The van der Waals surface area contributed by atoms with Crippen LogP contribution in [-0.4, -0.2) is 28.7 Å².